The van der Waals surface area contributed by atoms with Crippen LogP contribution >= 0.6 is 15.9 Å². The number of rotatable bonds is 10. The zero-order valence-corrected chi connectivity index (χ0v) is 63.5. The molecule has 22 aromatic rings. The fourth-order valence-electron chi connectivity index (χ4n) is 16.9. The second-order valence-corrected chi connectivity index (χ2v) is 30.0. The van der Waals surface area contributed by atoms with Gasteiger partial charge in [-0.15, -0.1) is 0 Å². The normalized spacial score (nSPS) is 11.5. The number of nitrogens with zero attached hydrogens (tertiary/aromatic N) is 4. The number of para-hydroxylation sites is 6. The van der Waals surface area contributed by atoms with E-state index in [0.717, 1.165) is 105 Å². The standard InChI is InChI=1S/C53H34N2.C34H23BO2.C19H13BrN2/c1-2-16-44(17-3-1)55-50-21-11-10-20-49(50)54-53(55)38-26-22-37(23-27-38)41-30-31-47-48(34-41)52(43-29-25-36-13-5-7-15-40(36)33-43)46-19-9-8-18-45(46)51(47)42-28-24-35-12-4-6-14-39(35)32-42;36-35(37)28-17-18-31-32(21-28)34(27-16-14-23-8-2-4-10-25(23)20-27)30-12-6-5-11-29(30)33(31)26-15-13-22-7-1-3-9-24(22)19-26;20-15-12-10-14(11-13-15)19-21-17-8-4-5-9-18(17)22(19)16-6-2-1-3-7-16/h1-34H;1-21,36-37H;1-13H. The van der Waals surface area contributed by atoms with E-state index >= 15 is 0 Å². The Morgan fingerprint density at radius 2 is 0.509 bits per heavy atom. The smallest absolute Gasteiger partial charge is 0.423 e. The average molecular weight is 1520 g/mol. The molecule has 0 amide bonds. The Labute approximate surface area is 668 Å². The van der Waals surface area contributed by atoms with Gasteiger partial charge >= 0.3 is 7.12 Å². The van der Waals surface area contributed by atoms with E-state index in [1.165, 1.54) is 97.8 Å². The van der Waals surface area contributed by atoms with Crippen molar-refractivity contribution in [2.75, 3.05) is 0 Å². The molecule has 0 fully saturated rings. The summed E-state index contributed by atoms with van der Waals surface area (Å²) >= 11 is 3.49. The van der Waals surface area contributed by atoms with Crippen LogP contribution in [0.2, 0.25) is 0 Å². The van der Waals surface area contributed by atoms with Crippen LogP contribution < -0.4 is 5.46 Å². The third-order valence-corrected chi connectivity index (χ3v) is 22.8. The molecule has 0 radical (unpaired) electrons. The molecular formula is C106H70BBrN4O2. The number of benzene rings is 20. The number of halogens is 1. The molecule has 0 aliphatic carbocycles. The van der Waals surface area contributed by atoms with E-state index in [1.54, 1.807) is 0 Å². The van der Waals surface area contributed by atoms with Crippen molar-refractivity contribution in [3.63, 3.8) is 0 Å². The first-order valence-corrected chi connectivity index (χ1v) is 39.3. The molecule has 20 aromatic carbocycles. The lowest BCUT2D eigenvalue weighted by molar-refractivity contribution is 0.426. The summed E-state index contributed by atoms with van der Waals surface area (Å²) < 4.78 is 5.53. The van der Waals surface area contributed by atoms with Crippen molar-refractivity contribution >= 4 is 137 Å². The Bertz CT molecular complexity index is 7460. The topological polar surface area (TPSA) is 76.1 Å². The minimum atomic E-state index is -1.54. The first-order valence-electron chi connectivity index (χ1n) is 38.5. The number of fused-ring (bicyclic) bond motifs is 10. The third kappa shape index (κ3) is 12.8. The van der Waals surface area contributed by atoms with Crippen molar-refractivity contribution in [3.8, 4) is 89.8 Å². The number of aromatic nitrogens is 4. The summed E-state index contributed by atoms with van der Waals surface area (Å²) in [5, 5.41) is 39.3. The van der Waals surface area contributed by atoms with Gasteiger partial charge in [-0.2, -0.15) is 0 Å². The van der Waals surface area contributed by atoms with Crippen LogP contribution in [0.25, 0.3) is 198 Å². The van der Waals surface area contributed by atoms with Crippen LogP contribution in [0.4, 0.5) is 0 Å². The van der Waals surface area contributed by atoms with Crippen LogP contribution in [0, 0.1) is 0 Å². The lowest BCUT2D eigenvalue weighted by Gasteiger charge is -2.19. The highest BCUT2D eigenvalue weighted by Gasteiger charge is 2.24. The maximum Gasteiger partial charge on any atom is 0.488 e. The monoisotopic (exact) mass is 1520 g/mol. The zero-order valence-electron chi connectivity index (χ0n) is 61.9. The first-order chi connectivity index (χ1) is 56.3. The minimum absolute atomic E-state index is 0.481. The molecule has 0 saturated carbocycles. The van der Waals surface area contributed by atoms with E-state index < -0.39 is 7.12 Å². The molecule has 0 unspecified atom stereocenters. The maximum absolute atomic E-state index is 10.1. The quantitative estimate of drug-likeness (QED) is 0.106. The van der Waals surface area contributed by atoms with Gasteiger partial charge in [0.2, 0.25) is 0 Å². The third-order valence-electron chi connectivity index (χ3n) is 22.3. The van der Waals surface area contributed by atoms with E-state index in [4.69, 9.17) is 9.97 Å². The van der Waals surface area contributed by atoms with Gasteiger partial charge in [-0.3, -0.25) is 9.13 Å². The lowest BCUT2D eigenvalue weighted by Crippen LogP contribution is -2.29. The van der Waals surface area contributed by atoms with Gasteiger partial charge < -0.3 is 10.0 Å². The molecule has 2 N–H and O–H groups in total. The maximum atomic E-state index is 10.1. The summed E-state index contributed by atoms with van der Waals surface area (Å²) in [6.45, 7) is 0. The van der Waals surface area contributed by atoms with Gasteiger partial charge in [-0.1, -0.05) is 337 Å². The predicted molar refractivity (Wildman–Crippen MR) is 484 cm³/mol. The lowest BCUT2D eigenvalue weighted by atomic mass is 9.77. The van der Waals surface area contributed by atoms with E-state index in [2.05, 4.69) is 395 Å². The first kappa shape index (κ1) is 69.1. The Kier molecular flexibility index (Phi) is 17.9. The van der Waals surface area contributed by atoms with Crippen molar-refractivity contribution < 1.29 is 10.0 Å². The Morgan fingerprint density at radius 1 is 0.219 bits per heavy atom. The van der Waals surface area contributed by atoms with Gasteiger partial charge in [0.05, 0.1) is 22.1 Å². The Morgan fingerprint density at radius 3 is 0.904 bits per heavy atom. The molecule has 6 nitrogen and oxygen atoms in total. The van der Waals surface area contributed by atoms with Crippen LogP contribution in [0.5, 0.6) is 0 Å². The summed E-state index contributed by atoms with van der Waals surface area (Å²) in [7, 11) is -1.54. The Balaban J connectivity index is 0.000000122. The molecule has 0 aliphatic heterocycles. The van der Waals surface area contributed by atoms with Crippen molar-refractivity contribution in [2.24, 2.45) is 0 Å². The number of hydrogen-bond donors (Lipinski definition) is 2. The second-order valence-electron chi connectivity index (χ2n) is 29.1. The van der Waals surface area contributed by atoms with Crippen LogP contribution in [0.15, 0.2) is 417 Å². The molecule has 8 heteroatoms. The van der Waals surface area contributed by atoms with E-state index in [1.807, 2.05) is 42.5 Å². The Hall–Kier alpha value is -14.1. The van der Waals surface area contributed by atoms with Crippen LogP contribution in [0.3, 0.4) is 0 Å². The second kappa shape index (κ2) is 29.6. The molecular weight excluding hydrogens is 1450 g/mol. The molecule has 0 spiro atoms. The predicted octanol–water partition coefficient (Wildman–Crippen LogP) is 27.1. The fourth-order valence-corrected chi connectivity index (χ4v) is 17.1. The largest absolute Gasteiger partial charge is 0.488 e. The zero-order chi connectivity index (χ0) is 76.2. The molecule has 114 heavy (non-hydrogen) atoms. The fraction of sp³-hybridized carbons (Fsp3) is 0. The van der Waals surface area contributed by atoms with Crippen LogP contribution in [-0.4, -0.2) is 36.3 Å². The molecule has 2 heterocycles. The number of hydrogen-bond acceptors (Lipinski definition) is 4. The minimum Gasteiger partial charge on any atom is -0.423 e. The average Bonchev–Trinajstić information content (AvgIpc) is 1.68. The summed E-state index contributed by atoms with van der Waals surface area (Å²) in [6.07, 6.45) is 0. The SMILES string of the molecule is Brc1ccc(-c2nc3ccccc3n2-c2ccccc2)cc1.OB(O)c1ccc2c(-c3ccc4ccccc4c3)c3ccccc3c(-c3ccc4ccccc4c3)c2c1.c1ccc(-n2c(-c3ccc(-c4ccc5c(-c6ccc7ccccc7c6)c6ccccc6c(-c6ccc7ccccc7c6)c5c4)cc3)nc3ccccc32)cc1. The van der Waals surface area contributed by atoms with Crippen LogP contribution in [0.1, 0.15) is 0 Å². The molecule has 0 bridgehead atoms. The van der Waals surface area contributed by atoms with Crippen molar-refractivity contribution in [1.29, 1.82) is 0 Å². The van der Waals surface area contributed by atoms with E-state index in [-0.39, 0.29) is 0 Å². The highest BCUT2D eigenvalue weighted by Crippen LogP contribution is 2.48. The molecule has 536 valence electrons. The molecule has 22 rings (SSSR count). The van der Waals surface area contributed by atoms with Gasteiger partial charge in [-0.25, -0.2) is 9.97 Å². The van der Waals surface area contributed by atoms with Crippen molar-refractivity contribution in [1.82, 2.24) is 19.1 Å². The van der Waals surface area contributed by atoms with E-state index in [0.29, 0.717) is 5.46 Å². The molecule has 0 aliphatic rings. The summed E-state index contributed by atoms with van der Waals surface area (Å²) in [5.74, 6) is 1.89. The van der Waals surface area contributed by atoms with E-state index in [9.17, 15) is 10.0 Å². The summed E-state index contributed by atoms with van der Waals surface area (Å²) in [4.78, 5) is 9.96. The van der Waals surface area contributed by atoms with Crippen molar-refractivity contribution in [2.45, 2.75) is 0 Å². The number of imidazole rings is 2. The summed E-state index contributed by atoms with van der Waals surface area (Å²) in [6, 6.07) is 146. The van der Waals surface area contributed by atoms with Gasteiger partial charge in [-0.05, 0) is 238 Å². The molecule has 0 saturated heterocycles. The van der Waals surface area contributed by atoms with Crippen molar-refractivity contribution in [3.05, 3.63) is 417 Å². The molecule has 2 aromatic heterocycles. The van der Waals surface area contributed by atoms with Crippen LogP contribution in [-0.2, 0) is 0 Å². The van der Waals surface area contributed by atoms with Gasteiger partial charge in [0, 0.05) is 27.0 Å². The highest BCUT2D eigenvalue weighted by atomic mass is 79.9. The van der Waals surface area contributed by atoms with Gasteiger partial charge in [0.25, 0.3) is 0 Å². The van der Waals surface area contributed by atoms with Gasteiger partial charge in [0.1, 0.15) is 11.6 Å². The summed E-state index contributed by atoms with van der Waals surface area (Å²) in [5.41, 5.74) is 20.9. The van der Waals surface area contributed by atoms with Gasteiger partial charge in [0.15, 0.2) is 0 Å². The highest BCUT2D eigenvalue weighted by molar-refractivity contribution is 9.10. The molecule has 0 atom stereocenters.